The highest BCUT2D eigenvalue weighted by molar-refractivity contribution is 6.30. The number of anilines is 1. The first-order valence-electron chi connectivity index (χ1n) is 9.53. The van der Waals surface area contributed by atoms with E-state index in [4.69, 9.17) is 11.6 Å². The van der Waals surface area contributed by atoms with Gasteiger partial charge in [-0.2, -0.15) is 0 Å². The molecule has 4 rings (SSSR count). The highest BCUT2D eigenvalue weighted by atomic mass is 35.5. The van der Waals surface area contributed by atoms with Gasteiger partial charge < -0.3 is 10.0 Å². The minimum absolute atomic E-state index is 0.100. The zero-order valence-corrected chi connectivity index (χ0v) is 15.4. The summed E-state index contributed by atoms with van der Waals surface area (Å²) in [6, 6.07) is 1.97. The summed E-state index contributed by atoms with van der Waals surface area (Å²) in [7, 11) is 0. The summed E-state index contributed by atoms with van der Waals surface area (Å²) in [5, 5.41) is 10.1. The molecule has 1 atom stereocenters. The molecule has 0 bridgehead atoms. The largest absolute Gasteiger partial charge is 0.393 e. The zero-order valence-electron chi connectivity index (χ0n) is 14.6. The van der Waals surface area contributed by atoms with Crippen molar-refractivity contribution in [3.8, 4) is 0 Å². The molecule has 0 aromatic carbocycles. The molecule has 3 heterocycles. The van der Waals surface area contributed by atoms with Gasteiger partial charge in [0.1, 0.15) is 0 Å². The number of hydrogen-bond acceptors (Lipinski definition) is 4. The molecule has 1 aromatic rings. The van der Waals surface area contributed by atoms with Crippen LogP contribution in [0, 0.1) is 11.2 Å². The zero-order chi connectivity index (χ0) is 17.4. The molecule has 0 unspecified atom stereocenters. The molecule has 3 aliphatic rings. The van der Waals surface area contributed by atoms with Gasteiger partial charge in [0.05, 0.1) is 11.1 Å². The van der Waals surface area contributed by atoms with Crippen molar-refractivity contribution in [2.75, 3.05) is 31.1 Å². The van der Waals surface area contributed by atoms with Crippen LogP contribution in [0.3, 0.4) is 0 Å². The van der Waals surface area contributed by atoms with Crippen molar-refractivity contribution in [1.82, 2.24) is 9.88 Å². The lowest BCUT2D eigenvalue weighted by Crippen LogP contribution is -2.47. The molecule has 25 heavy (non-hydrogen) atoms. The smallest absolute Gasteiger partial charge is 0.167 e. The second-order valence-corrected chi connectivity index (χ2v) is 8.60. The van der Waals surface area contributed by atoms with Gasteiger partial charge in [-0.25, -0.2) is 9.37 Å². The standard InChI is InChI=1S/C19H27ClFN3O/c20-14-10-17(21)18(22-11-14)24-8-1-6-19(13-24)7-9-23(12-19)15-2-4-16(25)5-3-15/h10-11,15-16,25H,1-9,12-13H2/t15?,16?,19-/m1/s1. The molecule has 4 nitrogen and oxygen atoms in total. The van der Waals surface area contributed by atoms with Gasteiger partial charge in [0.2, 0.25) is 0 Å². The number of pyridine rings is 1. The van der Waals surface area contributed by atoms with E-state index in [1.54, 1.807) is 0 Å². The summed E-state index contributed by atoms with van der Waals surface area (Å²) in [6.45, 7) is 3.97. The van der Waals surface area contributed by atoms with Crippen molar-refractivity contribution in [1.29, 1.82) is 0 Å². The lowest BCUT2D eigenvalue weighted by Gasteiger charge is -2.42. The Morgan fingerprint density at radius 2 is 1.96 bits per heavy atom. The molecule has 6 heteroatoms. The molecule has 0 amide bonds. The number of piperidine rings is 1. The Morgan fingerprint density at radius 3 is 2.72 bits per heavy atom. The number of nitrogens with zero attached hydrogens (tertiary/aromatic N) is 3. The van der Waals surface area contributed by atoms with Crippen LogP contribution in [0.25, 0.3) is 0 Å². The summed E-state index contributed by atoms with van der Waals surface area (Å²) in [6.07, 6.45) is 8.99. The van der Waals surface area contributed by atoms with E-state index in [9.17, 15) is 9.50 Å². The van der Waals surface area contributed by atoms with Gasteiger partial charge in [-0.05, 0) is 57.6 Å². The predicted molar refractivity (Wildman–Crippen MR) is 97.5 cm³/mol. The maximum absolute atomic E-state index is 14.3. The van der Waals surface area contributed by atoms with Crippen molar-refractivity contribution in [3.05, 3.63) is 23.1 Å². The summed E-state index contributed by atoms with van der Waals surface area (Å²) in [5.41, 5.74) is 0.252. The molecule has 1 aromatic heterocycles. The van der Waals surface area contributed by atoms with E-state index < -0.39 is 0 Å². The predicted octanol–water partition coefficient (Wildman–Crippen LogP) is 3.47. The number of halogens is 2. The van der Waals surface area contributed by atoms with Crippen LogP contribution in [0.2, 0.25) is 5.02 Å². The number of rotatable bonds is 2. The summed E-state index contributed by atoms with van der Waals surface area (Å²) < 4.78 is 14.3. The molecule has 2 saturated heterocycles. The fourth-order valence-corrected chi connectivity index (χ4v) is 5.21. The fraction of sp³-hybridized carbons (Fsp3) is 0.737. The first-order valence-corrected chi connectivity index (χ1v) is 9.91. The lowest BCUT2D eigenvalue weighted by atomic mass is 9.79. The SMILES string of the molecule is OC1CCC(N2CC[C@]3(CCCN(c4ncc(Cl)cc4F)C3)C2)CC1. The highest BCUT2D eigenvalue weighted by Gasteiger charge is 2.44. The van der Waals surface area contributed by atoms with Crippen LogP contribution in [0.4, 0.5) is 10.2 Å². The number of hydrogen-bond donors (Lipinski definition) is 1. The van der Waals surface area contributed by atoms with E-state index in [1.165, 1.54) is 25.1 Å². The van der Waals surface area contributed by atoms with Crippen molar-refractivity contribution in [2.45, 2.75) is 57.1 Å². The maximum Gasteiger partial charge on any atom is 0.167 e. The molecule has 1 aliphatic carbocycles. The van der Waals surface area contributed by atoms with Gasteiger partial charge in [-0.1, -0.05) is 11.6 Å². The van der Waals surface area contributed by atoms with Crippen LogP contribution >= 0.6 is 11.6 Å². The van der Waals surface area contributed by atoms with E-state index in [0.717, 1.165) is 58.3 Å². The van der Waals surface area contributed by atoms with Gasteiger partial charge in [-0.3, -0.25) is 4.90 Å². The van der Waals surface area contributed by atoms with Crippen molar-refractivity contribution >= 4 is 17.4 Å². The van der Waals surface area contributed by atoms with E-state index in [0.29, 0.717) is 16.9 Å². The molecule has 138 valence electrons. The van der Waals surface area contributed by atoms with Gasteiger partial charge in [-0.15, -0.1) is 0 Å². The highest BCUT2D eigenvalue weighted by Crippen LogP contribution is 2.42. The monoisotopic (exact) mass is 367 g/mol. The summed E-state index contributed by atoms with van der Waals surface area (Å²) >= 11 is 5.85. The van der Waals surface area contributed by atoms with E-state index in [2.05, 4.69) is 14.8 Å². The van der Waals surface area contributed by atoms with Crippen LogP contribution in [0.15, 0.2) is 12.3 Å². The van der Waals surface area contributed by atoms with Crippen LogP contribution < -0.4 is 4.90 Å². The lowest BCUT2D eigenvalue weighted by molar-refractivity contribution is 0.0770. The van der Waals surface area contributed by atoms with Gasteiger partial charge in [0.15, 0.2) is 11.6 Å². The quantitative estimate of drug-likeness (QED) is 0.868. The Balaban J connectivity index is 1.44. The third kappa shape index (κ3) is 3.64. The average molecular weight is 368 g/mol. The average Bonchev–Trinajstić information content (AvgIpc) is 2.99. The molecule has 1 spiro atoms. The normalized spacial score (nSPS) is 34.0. The van der Waals surface area contributed by atoms with Gasteiger partial charge in [0, 0.05) is 37.3 Å². The third-order valence-corrected chi connectivity index (χ3v) is 6.61. The Hall–Kier alpha value is -0.910. The van der Waals surface area contributed by atoms with Crippen molar-refractivity contribution < 1.29 is 9.50 Å². The van der Waals surface area contributed by atoms with E-state index >= 15 is 0 Å². The summed E-state index contributed by atoms with van der Waals surface area (Å²) in [4.78, 5) is 8.99. The van der Waals surface area contributed by atoms with Crippen LogP contribution in [0.5, 0.6) is 0 Å². The molecule has 0 radical (unpaired) electrons. The number of aromatic nitrogens is 1. The minimum Gasteiger partial charge on any atom is -0.393 e. The second-order valence-electron chi connectivity index (χ2n) is 8.17. The maximum atomic E-state index is 14.3. The Labute approximate surface area is 154 Å². The van der Waals surface area contributed by atoms with Crippen LogP contribution in [-0.2, 0) is 0 Å². The fourth-order valence-electron chi connectivity index (χ4n) is 5.07. The second kappa shape index (κ2) is 7.01. The number of likely N-dealkylation sites (tertiary alicyclic amines) is 1. The Kier molecular flexibility index (Phi) is 4.91. The minimum atomic E-state index is -0.319. The van der Waals surface area contributed by atoms with Crippen LogP contribution in [-0.4, -0.2) is 53.3 Å². The van der Waals surface area contributed by atoms with Gasteiger partial charge >= 0.3 is 0 Å². The number of aliphatic hydroxyl groups is 1. The van der Waals surface area contributed by atoms with Crippen molar-refractivity contribution in [3.63, 3.8) is 0 Å². The first-order chi connectivity index (χ1) is 12.0. The molecule has 2 aliphatic heterocycles. The summed E-state index contributed by atoms with van der Waals surface area (Å²) in [5.74, 6) is 0.128. The molecule has 1 N–H and O–H groups in total. The third-order valence-electron chi connectivity index (χ3n) is 6.40. The van der Waals surface area contributed by atoms with E-state index in [-0.39, 0.29) is 17.3 Å². The van der Waals surface area contributed by atoms with Crippen molar-refractivity contribution in [2.24, 2.45) is 5.41 Å². The first kappa shape index (κ1) is 17.5. The molecule has 3 fully saturated rings. The van der Waals surface area contributed by atoms with Crippen LogP contribution in [0.1, 0.15) is 44.9 Å². The molecule has 1 saturated carbocycles. The Bertz CT molecular complexity index is 623. The topological polar surface area (TPSA) is 39.6 Å². The van der Waals surface area contributed by atoms with E-state index in [1.807, 2.05) is 0 Å². The molecular weight excluding hydrogens is 341 g/mol. The number of aliphatic hydroxyl groups excluding tert-OH is 1. The van der Waals surface area contributed by atoms with Gasteiger partial charge in [0.25, 0.3) is 0 Å². The molecular formula is C19H27ClFN3O. The Morgan fingerprint density at radius 1 is 1.16 bits per heavy atom.